The molecular formula is C11H22N2O2S. The first-order chi connectivity index (χ1) is 7.50. The van der Waals surface area contributed by atoms with Crippen LogP contribution in [0.4, 0.5) is 0 Å². The van der Waals surface area contributed by atoms with Crippen LogP contribution in [-0.2, 0) is 10.0 Å². The highest BCUT2D eigenvalue weighted by Gasteiger charge is 2.34. The minimum atomic E-state index is -3.07. The molecule has 1 N–H and O–H groups in total. The molecule has 16 heavy (non-hydrogen) atoms. The number of rotatable bonds is 5. The van der Waals surface area contributed by atoms with Gasteiger partial charge in [-0.1, -0.05) is 6.92 Å². The van der Waals surface area contributed by atoms with Gasteiger partial charge in [0.15, 0.2) is 0 Å². The van der Waals surface area contributed by atoms with Gasteiger partial charge in [-0.15, -0.1) is 0 Å². The van der Waals surface area contributed by atoms with Crippen LogP contribution in [0, 0.1) is 5.92 Å². The molecule has 0 aromatic carbocycles. The van der Waals surface area contributed by atoms with Gasteiger partial charge >= 0.3 is 0 Å². The normalized spacial score (nSPS) is 29.5. The van der Waals surface area contributed by atoms with Crippen LogP contribution in [0.3, 0.4) is 0 Å². The van der Waals surface area contributed by atoms with Crippen LogP contribution in [0.25, 0.3) is 0 Å². The Hall–Kier alpha value is -0.130. The van der Waals surface area contributed by atoms with Crippen LogP contribution < -0.4 is 5.32 Å². The van der Waals surface area contributed by atoms with Crippen molar-refractivity contribution in [1.29, 1.82) is 0 Å². The number of hydrogen-bond donors (Lipinski definition) is 1. The molecule has 1 aliphatic carbocycles. The smallest absolute Gasteiger partial charge is 0.217 e. The molecule has 0 aromatic heterocycles. The van der Waals surface area contributed by atoms with Gasteiger partial charge in [-0.25, -0.2) is 12.7 Å². The Bertz CT molecular complexity index is 338. The molecule has 0 radical (unpaired) electrons. The molecule has 0 aromatic rings. The van der Waals surface area contributed by atoms with Gasteiger partial charge in [0.25, 0.3) is 0 Å². The third kappa shape index (κ3) is 2.76. The van der Waals surface area contributed by atoms with Gasteiger partial charge in [0.05, 0.1) is 5.25 Å². The maximum Gasteiger partial charge on any atom is 0.217 e. The number of nitrogens with zero attached hydrogens (tertiary/aromatic N) is 1. The highest BCUT2D eigenvalue weighted by molar-refractivity contribution is 7.89. The van der Waals surface area contributed by atoms with Gasteiger partial charge < -0.3 is 5.32 Å². The summed E-state index contributed by atoms with van der Waals surface area (Å²) in [5, 5.41) is 3.00. The summed E-state index contributed by atoms with van der Waals surface area (Å²) in [6, 6.07) is 0.579. The third-order valence-electron chi connectivity index (χ3n) is 3.53. The molecule has 2 aliphatic rings. The quantitative estimate of drug-likeness (QED) is 0.780. The molecule has 2 unspecified atom stereocenters. The minimum absolute atomic E-state index is 0.293. The highest BCUT2D eigenvalue weighted by atomic mass is 32.2. The second-order valence-electron chi connectivity index (χ2n) is 5.29. The fraction of sp³-hybridized carbons (Fsp3) is 1.00. The van der Waals surface area contributed by atoms with E-state index < -0.39 is 10.0 Å². The van der Waals surface area contributed by atoms with E-state index in [1.54, 1.807) is 4.31 Å². The van der Waals surface area contributed by atoms with Crippen LogP contribution >= 0.6 is 0 Å². The van der Waals surface area contributed by atoms with E-state index in [1.165, 1.54) is 12.8 Å². The largest absolute Gasteiger partial charge is 0.313 e. The summed E-state index contributed by atoms with van der Waals surface area (Å²) in [7, 11) is -3.07. The SMILES string of the molecule is CC1CCN(S(=O)(=O)C(C)CNC2CC2)C1. The molecule has 5 heteroatoms. The molecule has 1 heterocycles. The molecule has 2 rings (SSSR count). The second-order valence-corrected chi connectivity index (χ2v) is 7.64. The first-order valence-corrected chi connectivity index (χ1v) is 7.73. The lowest BCUT2D eigenvalue weighted by Crippen LogP contribution is -2.41. The van der Waals surface area contributed by atoms with Crippen molar-refractivity contribution < 1.29 is 8.42 Å². The molecule has 2 atom stereocenters. The third-order valence-corrected chi connectivity index (χ3v) is 5.76. The number of hydrogen-bond acceptors (Lipinski definition) is 3. The molecule has 0 bridgehead atoms. The lowest BCUT2D eigenvalue weighted by Gasteiger charge is -2.21. The molecular weight excluding hydrogens is 224 g/mol. The molecule has 1 saturated carbocycles. The zero-order chi connectivity index (χ0) is 11.8. The van der Waals surface area contributed by atoms with Crippen molar-refractivity contribution in [3.8, 4) is 0 Å². The van der Waals surface area contributed by atoms with E-state index in [0.717, 1.165) is 6.42 Å². The summed E-state index contributed by atoms with van der Waals surface area (Å²) in [6.45, 7) is 5.93. The van der Waals surface area contributed by atoms with E-state index >= 15 is 0 Å². The second kappa shape index (κ2) is 4.63. The van der Waals surface area contributed by atoms with E-state index in [9.17, 15) is 8.42 Å². The van der Waals surface area contributed by atoms with Crippen LogP contribution in [0.2, 0.25) is 0 Å². The maximum absolute atomic E-state index is 12.2. The van der Waals surface area contributed by atoms with Crippen molar-refractivity contribution in [3.05, 3.63) is 0 Å². The van der Waals surface area contributed by atoms with Crippen molar-refractivity contribution in [2.75, 3.05) is 19.6 Å². The highest BCUT2D eigenvalue weighted by Crippen LogP contribution is 2.22. The summed E-state index contributed by atoms with van der Waals surface area (Å²) in [6.07, 6.45) is 3.41. The molecule has 1 aliphatic heterocycles. The Morgan fingerprint density at radius 2 is 2.06 bits per heavy atom. The predicted molar refractivity (Wildman–Crippen MR) is 64.8 cm³/mol. The Balaban J connectivity index is 1.89. The summed E-state index contributed by atoms with van der Waals surface area (Å²) in [5.74, 6) is 0.512. The van der Waals surface area contributed by atoms with Gasteiger partial charge in [-0.2, -0.15) is 0 Å². The minimum Gasteiger partial charge on any atom is -0.313 e. The zero-order valence-corrected chi connectivity index (χ0v) is 11.0. The van der Waals surface area contributed by atoms with Gasteiger partial charge in [-0.05, 0) is 32.1 Å². The van der Waals surface area contributed by atoms with Crippen molar-refractivity contribution in [3.63, 3.8) is 0 Å². The Morgan fingerprint density at radius 1 is 1.38 bits per heavy atom. The van der Waals surface area contributed by atoms with E-state index in [0.29, 0.717) is 31.6 Å². The summed E-state index contributed by atoms with van der Waals surface area (Å²) >= 11 is 0. The zero-order valence-electron chi connectivity index (χ0n) is 10.1. The van der Waals surface area contributed by atoms with Crippen LogP contribution in [-0.4, -0.2) is 43.6 Å². The first-order valence-electron chi connectivity index (χ1n) is 6.22. The van der Waals surface area contributed by atoms with Crippen molar-refractivity contribution in [1.82, 2.24) is 9.62 Å². The van der Waals surface area contributed by atoms with Crippen molar-refractivity contribution >= 4 is 10.0 Å². The van der Waals surface area contributed by atoms with E-state index in [-0.39, 0.29) is 5.25 Å². The standard InChI is InChI=1S/C11H22N2O2S/c1-9-5-6-13(8-9)16(14,15)10(2)7-12-11-3-4-11/h9-12H,3-8H2,1-2H3. The molecule has 0 spiro atoms. The summed E-state index contributed by atoms with van der Waals surface area (Å²) < 4.78 is 26.1. The monoisotopic (exact) mass is 246 g/mol. The summed E-state index contributed by atoms with van der Waals surface area (Å²) in [5.41, 5.74) is 0. The number of sulfonamides is 1. The average Bonchev–Trinajstić information content (AvgIpc) is 2.95. The molecule has 1 saturated heterocycles. The molecule has 94 valence electrons. The Morgan fingerprint density at radius 3 is 2.56 bits per heavy atom. The average molecular weight is 246 g/mol. The van der Waals surface area contributed by atoms with Crippen LogP contribution in [0.5, 0.6) is 0 Å². The Labute approximate surface area is 98.4 Å². The fourth-order valence-electron chi connectivity index (χ4n) is 2.11. The lowest BCUT2D eigenvalue weighted by molar-refractivity contribution is 0.452. The van der Waals surface area contributed by atoms with Crippen LogP contribution in [0.1, 0.15) is 33.1 Å². The van der Waals surface area contributed by atoms with Gasteiger partial charge in [0, 0.05) is 25.7 Å². The molecule has 2 fully saturated rings. The molecule has 4 nitrogen and oxygen atoms in total. The van der Waals surface area contributed by atoms with Gasteiger partial charge in [-0.3, -0.25) is 0 Å². The van der Waals surface area contributed by atoms with E-state index in [4.69, 9.17) is 0 Å². The van der Waals surface area contributed by atoms with Gasteiger partial charge in [0.1, 0.15) is 0 Å². The number of nitrogens with one attached hydrogen (secondary N) is 1. The molecule has 0 amide bonds. The Kier molecular flexibility index (Phi) is 3.56. The van der Waals surface area contributed by atoms with Crippen molar-refractivity contribution in [2.45, 2.75) is 44.4 Å². The van der Waals surface area contributed by atoms with E-state index in [2.05, 4.69) is 12.2 Å². The van der Waals surface area contributed by atoms with E-state index in [1.807, 2.05) is 6.92 Å². The topological polar surface area (TPSA) is 49.4 Å². The first kappa shape index (κ1) is 12.3. The summed E-state index contributed by atoms with van der Waals surface area (Å²) in [4.78, 5) is 0. The maximum atomic E-state index is 12.2. The van der Waals surface area contributed by atoms with Gasteiger partial charge in [0.2, 0.25) is 10.0 Å². The fourth-order valence-corrected chi connectivity index (χ4v) is 3.74. The predicted octanol–water partition coefficient (Wildman–Crippen LogP) is 0.798. The lowest BCUT2D eigenvalue weighted by atomic mass is 10.2. The van der Waals surface area contributed by atoms with Crippen LogP contribution in [0.15, 0.2) is 0 Å². The van der Waals surface area contributed by atoms with Crippen molar-refractivity contribution in [2.24, 2.45) is 5.92 Å².